The molecule has 0 atom stereocenters. The van der Waals surface area contributed by atoms with Crippen molar-refractivity contribution < 1.29 is 26.4 Å². The molecule has 34 heavy (non-hydrogen) atoms. The molecule has 2 aliphatic rings. The van der Waals surface area contributed by atoms with Gasteiger partial charge >= 0.3 is 6.18 Å². The van der Waals surface area contributed by atoms with Crippen molar-refractivity contribution in [3.8, 4) is 0 Å². The molecule has 2 aliphatic heterocycles. The molecule has 0 spiro atoms. The van der Waals surface area contributed by atoms with Crippen LogP contribution in [0.25, 0.3) is 0 Å². The van der Waals surface area contributed by atoms with E-state index in [0.717, 1.165) is 43.1 Å². The van der Waals surface area contributed by atoms with Crippen molar-refractivity contribution in [1.82, 2.24) is 9.29 Å². The number of anilines is 2. The molecule has 2 saturated heterocycles. The quantitative estimate of drug-likeness (QED) is 0.610. The van der Waals surface area contributed by atoms with Crippen molar-refractivity contribution in [3.63, 3.8) is 0 Å². The smallest absolute Gasteiger partial charge is 0.370 e. The normalized spacial score (nSPS) is 18.4. The zero-order valence-corrected chi connectivity index (χ0v) is 20.4. The molecule has 7 nitrogen and oxygen atoms in total. The Labute approximate surface area is 201 Å². The fourth-order valence-electron chi connectivity index (χ4n) is 4.38. The second-order valence-electron chi connectivity index (χ2n) is 8.52. The summed E-state index contributed by atoms with van der Waals surface area (Å²) in [5.74, 6) is -0.453. The van der Waals surface area contributed by atoms with E-state index in [9.17, 15) is 26.4 Å². The van der Waals surface area contributed by atoms with E-state index in [-0.39, 0.29) is 23.1 Å². The Morgan fingerprint density at radius 1 is 1.18 bits per heavy atom. The van der Waals surface area contributed by atoms with Crippen LogP contribution in [0.4, 0.5) is 24.5 Å². The van der Waals surface area contributed by atoms with E-state index in [1.807, 2.05) is 4.90 Å². The summed E-state index contributed by atoms with van der Waals surface area (Å²) < 4.78 is 65.5. The first-order valence-electron chi connectivity index (χ1n) is 11.3. The van der Waals surface area contributed by atoms with E-state index < -0.39 is 27.7 Å². The highest BCUT2D eigenvalue weighted by Gasteiger charge is 2.33. The van der Waals surface area contributed by atoms with Crippen LogP contribution >= 0.6 is 11.3 Å². The number of aromatic nitrogens is 1. The molecule has 4 rings (SSSR count). The fraction of sp³-hybridized carbons (Fsp3) is 0.545. The SMILES string of the molecule is CCS(=O)(=O)N1CCC(c2nc(C(=O)Nc3cc(C(F)(F)F)ccc3N3CCCC3)cs2)CC1. The molecule has 1 amide bonds. The van der Waals surface area contributed by atoms with Crippen molar-refractivity contribution >= 4 is 38.6 Å². The molecular weight excluding hydrogens is 489 g/mol. The maximum atomic E-state index is 13.3. The summed E-state index contributed by atoms with van der Waals surface area (Å²) in [6.07, 6.45) is -1.40. The third kappa shape index (κ3) is 5.38. The molecule has 1 aromatic heterocycles. The maximum absolute atomic E-state index is 13.3. The number of carbonyl (C=O) groups is 1. The van der Waals surface area contributed by atoms with Gasteiger partial charge in [-0.25, -0.2) is 17.7 Å². The molecule has 2 aromatic rings. The standard InChI is InChI=1S/C22H27F3N4O3S2/c1-2-34(31,32)29-11-7-15(8-12-29)21-27-18(14-33-21)20(30)26-17-13-16(22(23,24)25)5-6-19(17)28-9-3-4-10-28/h5-6,13-15H,2-4,7-12H2,1H3,(H,26,30). The van der Waals surface area contributed by atoms with Crippen LogP contribution in [0.2, 0.25) is 0 Å². The van der Waals surface area contributed by atoms with Gasteiger partial charge in [0.25, 0.3) is 5.91 Å². The summed E-state index contributed by atoms with van der Waals surface area (Å²) in [6.45, 7) is 3.88. The first kappa shape index (κ1) is 24.9. The largest absolute Gasteiger partial charge is 0.416 e. The molecule has 0 aliphatic carbocycles. The number of hydrogen-bond acceptors (Lipinski definition) is 6. The predicted octanol–water partition coefficient (Wildman–Crippen LogP) is 4.54. The molecule has 12 heteroatoms. The van der Waals surface area contributed by atoms with Crippen LogP contribution in [0.3, 0.4) is 0 Å². The first-order chi connectivity index (χ1) is 16.1. The van der Waals surface area contributed by atoms with E-state index in [1.165, 1.54) is 21.7 Å². The summed E-state index contributed by atoms with van der Waals surface area (Å²) in [4.78, 5) is 19.3. The lowest BCUT2D eigenvalue weighted by molar-refractivity contribution is -0.137. The highest BCUT2D eigenvalue weighted by Crippen LogP contribution is 2.37. The average Bonchev–Trinajstić information content (AvgIpc) is 3.51. The second-order valence-corrected chi connectivity index (χ2v) is 11.7. The van der Waals surface area contributed by atoms with Crippen molar-refractivity contribution in [2.24, 2.45) is 0 Å². The summed E-state index contributed by atoms with van der Waals surface area (Å²) in [5.41, 5.74) is 0.0139. The van der Waals surface area contributed by atoms with Gasteiger partial charge in [-0.3, -0.25) is 4.79 Å². The van der Waals surface area contributed by atoms with Gasteiger partial charge in [-0.1, -0.05) is 0 Å². The number of nitrogens with one attached hydrogen (secondary N) is 1. The average molecular weight is 517 g/mol. The molecule has 1 N–H and O–H groups in total. The minimum Gasteiger partial charge on any atom is -0.370 e. The highest BCUT2D eigenvalue weighted by molar-refractivity contribution is 7.89. The van der Waals surface area contributed by atoms with E-state index in [1.54, 1.807) is 12.3 Å². The third-order valence-electron chi connectivity index (χ3n) is 6.33. The summed E-state index contributed by atoms with van der Waals surface area (Å²) in [6, 6.07) is 3.42. The van der Waals surface area contributed by atoms with Crippen LogP contribution in [-0.4, -0.2) is 55.5 Å². The lowest BCUT2D eigenvalue weighted by Gasteiger charge is -2.29. The molecule has 3 heterocycles. The van der Waals surface area contributed by atoms with Crippen LogP contribution in [-0.2, 0) is 16.2 Å². The zero-order valence-electron chi connectivity index (χ0n) is 18.8. The Morgan fingerprint density at radius 2 is 1.85 bits per heavy atom. The monoisotopic (exact) mass is 516 g/mol. The van der Waals surface area contributed by atoms with Crippen LogP contribution < -0.4 is 10.2 Å². The van der Waals surface area contributed by atoms with Gasteiger partial charge in [0, 0.05) is 37.5 Å². The maximum Gasteiger partial charge on any atom is 0.416 e. The Bertz CT molecular complexity index is 1140. The highest BCUT2D eigenvalue weighted by atomic mass is 32.2. The van der Waals surface area contributed by atoms with Gasteiger partial charge < -0.3 is 10.2 Å². The van der Waals surface area contributed by atoms with Crippen LogP contribution in [0, 0.1) is 0 Å². The fourth-order valence-corrected chi connectivity index (χ4v) is 6.48. The molecule has 2 fully saturated rings. The Balaban J connectivity index is 1.49. The number of nitrogens with zero attached hydrogens (tertiary/aromatic N) is 3. The number of piperidine rings is 1. The number of benzene rings is 1. The minimum absolute atomic E-state index is 0.0450. The van der Waals surface area contributed by atoms with Crippen molar-refractivity contribution in [2.45, 2.75) is 44.7 Å². The molecule has 1 aromatic carbocycles. The third-order valence-corrected chi connectivity index (χ3v) is 9.22. The number of alkyl halides is 3. The molecule has 0 radical (unpaired) electrons. The number of hydrogen-bond donors (Lipinski definition) is 1. The number of sulfonamides is 1. The summed E-state index contributed by atoms with van der Waals surface area (Å²) in [5, 5.41) is 4.98. The topological polar surface area (TPSA) is 82.6 Å². The van der Waals surface area contributed by atoms with Crippen LogP contribution in [0.1, 0.15) is 59.6 Å². The van der Waals surface area contributed by atoms with Crippen LogP contribution in [0.5, 0.6) is 0 Å². The van der Waals surface area contributed by atoms with E-state index in [4.69, 9.17) is 0 Å². The first-order valence-corrected chi connectivity index (χ1v) is 13.8. The van der Waals surface area contributed by atoms with Gasteiger partial charge in [-0.05, 0) is 50.8 Å². The van der Waals surface area contributed by atoms with Gasteiger partial charge in [0.15, 0.2) is 0 Å². The number of thiazole rings is 1. The Morgan fingerprint density at radius 3 is 2.47 bits per heavy atom. The molecular formula is C22H27F3N4O3S2. The summed E-state index contributed by atoms with van der Waals surface area (Å²) in [7, 11) is -3.23. The lowest BCUT2D eigenvalue weighted by Crippen LogP contribution is -2.38. The van der Waals surface area contributed by atoms with Gasteiger partial charge in [-0.15, -0.1) is 11.3 Å². The van der Waals surface area contributed by atoms with E-state index in [0.29, 0.717) is 31.6 Å². The van der Waals surface area contributed by atoms with Crippen LogP contribution in [0.15, 0.2) is 23.6 Å². The molecule has 0 saturated carbocycles. The second kappa shape index (κ2) is 9.82. The van der Waals surface area contributed by atoms with Gasteiger partial charge in [0.05, 0.1) is 27.7 Å². The van der Waals surface area contributed by atoms with E-state index >= 15 is 0 Å². The van der Waals surface area contributed by atoms with E-state index in [2.05, 4.69) is 10.3 Å². The number of carbonyl (C=O) groups excluding carboxylic acids is 1. The Hall–Kier alpha value is -2.18. The predicted molar refractivity (Wildman–Crippen MR) is 126 cm³/mol. The number of amides is 1. The molecule has 0 unspecified atom stereocenters. The number of rotatable bonds is 6. The lowest BCUT2D eigenvalue weighted by atomic mass is 9.99. The molecule has 186 valence electrons. The zero-order chi connectivity index (χ0) is 24.5. The van der Waals surface area contributed by atoms with Crippen molar-refractivity contribution in [2.75, 3.05) is 42.1 Å². The van der Waals surface area contributed by atoms with Crippen molar-refractivity contribution in [1.29, 1.82) is 0 Å². The van der Waals surface area contributed by atoms with Crippen molar-refractivity contribution in [3.05, 3.63) is 39.8 Å². The molecule has 0 bridgehead atoms. The number of halogens is 3. The minimum atomic E-state index is -4.52. The summed E-state index contributed by atoms with van der Waals surface area (Å²) >= 11 is 1.32. The Kier molecular flexibility index (Phi) is 7.20. The van der Waals surface area contributed by atoms with Gasteiger partial charge in [0.1, 0.15) is 5.69 Å². The van der Waals surface area contributed by atoms with Gasteiger partial charge in [-0.2, -0.15) is 13.2 Å². The van der Waals surface area contributed by atoms with Gasteiger partial charge in [0.2, 0.25) is 10.0 Å².